The number of likely N-dealkylation sites (tertiary alicyclic amines) is 1. The number of hydrogen-bond acceptors (Lipinski definition) is 3. The number of carbonyl (C=O) groups excluding carboxylic acids is 1. The minimum atomic E-state index is -0.510. The molecule has 2 atom stereocenters. The fourth-order valence-corrected chi connectivity index (χ4v) is 2.66. The predicted octanol–water partition coefficient (Wildman–Crippen LogP) is 3.48. The van der Waals surface area contributed by atoms with E-state index in [0.29, 0.717) is 16.1 Å². The van der Waals surface area contributed by atoms with Gasteiger partial charge in [0.15, 0.2) is 0 Å². The molecule has 4 nitrogen and oxygen atoms in total. The minimum Gasteiger partial charge on any atom is -0.444 e. The highest BCUT2D eigenvalue weighted by molar-refractivity contribution is 9.10. The van der Waals surface area contributed by atoms with Crippen LogP contribution in [0.25, 0.3) is 0 Å². The monoisotopic (exact) mass is 344 g/mol. The summed E-state index contributed by atoms with van der Waals surface area (Å²) in [4.78, 5) is 14.0. The van der Waals surface area contributed by atoms with Crippen molar-refractivity contribution >= 4 is 27.7 Å². The number of benzene rings is 1. The molecule has 110 valence electrons. The molecular weight excluding hydrogens is 327 g/mol. The Kier molecular flexibility index (Phi) is 4.99. The lowest BCUT2D eigenvalue weighted by Gasteiger charge is -2.34. The van der Waals surface area contributed by atoms with E-state index < -0.39 is 6.09 Å². The van der Waals surface area contributed by atoms with Gasteiger partial charge in [-0.05, 0) is 60.1 Å². The van der Waals surface area contributed by atoms with Gasteiger partial charge in [-0.15, -0.1) is 0 Å². The molecule has 2 rings (SSSR count). The number of amides is 1. The van der Waals surface area contributed by atoms with Crippen molar-refractivity contribution in [3.05, 3.63) is 28.5 Å². The minimum absolute atomic E-state index is 0.118. The van der Waals surface area contributed by atoms with Crippen molar-refractivity contribution in [2.24, 2.45) is 5.92 Å². The highest BCUT2D eigenvalue weighted by Crippen LogP contribution is 2.24. The van der Waals surface area contributed by atoms with Gasteiger partial charge < -0.3 is 9.64 Å². The summed E-state index contributed by atoms with van der Waals surface area (Å²) in [6.07, 6.45) is 0.381. The second-order valence-corrected chi connectivity index (χ2v) is 6.08. The molecule has 1 fully saturated rings. The van der Waals surface area contributed by atoms with E-state index in [-0.39, 0.29) is 11.9 Å². The van der Waals surface area contributed by atoms with Crippen LogP contribution in [0.1, 0.15) is 13.3 Å². The van der Waals surface area contributed by atoms with E-state index in [9.17, 15) is 9.18 Å². The van der Waals surface area contributed by atoms with Crippen LogP contribution in [0.2, 0.25) is 0 Å². The van der Waals surface area contributed by atoms with Gasteiger partial charge in [-0.1, -0.05) is 6.92 Å². The fourth-order valence-electron chi connectivity index (χ4n) is 2.21. The molecule has 1 amide bonds. The van der Waals surface area contributed by atoms with Crippen LogP contribution < -0.4 is 5.32 Å². The number of halogens is 2. The Hall–Kier alpha value is -1.14. The molecule has 0 aliphatic carbocycles. The van der Waals surface area contributed by atoms with E-state index in [1.807, 2.05) is 7.05 Å². The summed E-state index contributed by atoms with van der Waals surface area (Å²) < 4.78 is 18.9. The maximum Gasteiger partial charge on any atom is 0.411 e. The zero-order valence-corrected chi connectivity index (χ0v) is 13.1. The zero-order valence-electron chi connectivity index (χ0n) is 11.5. The van der Waals surface area contributed by atoms with Crippen LogP contribution in [0.15, 0.2) is 22.7 Å². The third kappa shape index (κ3) is 3.93. The molecule has 1 N–H and O–H groups in total. The highest BCUT2D eigenvalue weighted by atomic mass is 79.9. The first kappa shape index (κ1) is 15.3. The third-order valence-electron chi connectivity index (χ3n) is 3.52. The standard InChI is InChI=1S/C14H18BrFN2O2/c1-9-5-6-18(2)8-13(9)20-14(19)17-12-4-3-10(16)7-11(12)15/h3-4,7,9,13H,5-6,8H2,1-2H3,(H,17,19). The van der Waals surface area contributed by atoms with Crippen LogP contribution in [0, 0.1) is 11.7 Å². The molecule has 0 radical (unpaired) electrons. The predicted molar refractivity (Wildman–Crippen MR) is 79.3 cm³/mol. The molecule has 6 heteroatoms. The van der Waals surface area contributed by atoms with Crippen LogP contribution in [0.3, 0.4) is 0 Å². The van der Waals surface area contributed by atoms with Crippen molar-refractivity contribution in [3.63, 3.8) is 0 Å². The zero-order chi connectivity index (χ0) is 14.7. The van der Waals surface area contributed by atoms with Crippen molar-refractivity contribution in [2.75, 3.05) is 25.5 Å². The Labute approximate surface area is 126 Å². The topological polar surface area (TPSA) is 41.6 Å². The summed E-state index contributed by atoms with van der Waals surface area (Å²) in [6.45, 7) is 3.84. The van der Waals surface area contributed by atoms with Gasteiger partial charge in [-0.3, -0.25) is 5.32 Å². The maximum atomic E-state index is 13.0. The molecule has 1 aromatic rings. The molecule has 1 saturated heterocycles. The normalized spacial score (nSPS) is 23.4. The fraction of sp³-hybridized carbons (Fsp3) is 0.500. The number of ether oxygens (including phenoxy) is 1. The Morgan fingerprint density at radius 2 is 2.30 bits per heavy atom. The van der Waals surface area contributed by atoms with Gasteiger partial charge in [-0.25, -0.2) is 9.18 Å². The van der Waals surface area contributed by atoms with Crippen molar-refractivity contribution in [3.8, 4) is 0 Å². The average molecular weight is 345 g/mol. The van der Waals surface area contributed by atoms with E-state index in [1.165, 1.54) is 18.2 Å². The molecule has 1 aromatic carbocycles. The number of piperidine rings is 1. The number of nitrogens with zero attached hydrogens (tertiary/aromatic N) is 1. The number of likely N-dealkylation sites (N-methyl/N-ethyl adjacent to an activating group) is 1. The summed E-state index contributed by atoms with van der Waals surface area (Å²) in [7, 11) is 2.01. The maximum absolute atomic E-state index is 13.0. The van der Waals surface area contributed by atoms with Gasteiger partial charge in [0, 0.05) is 11.0 Å². The second kappa shape index (κ2) is 6.54. The lowest BCUT2D eigenvalue weighted by Crippen LogP contribution is -2.43. The molecule has 0 spiro atoms. The van der Waals surface area contributed by atoms with Gasteiger partial charge >= 0.3 is 6.09 Å². The van der Waals surface area contributed by atoms with E-state index in [2.05, 4.69) is 33.1 Å². The largest absolute Gasteiger partial charge is 0.444 e. The Bertz CT molecular complexity index is 498. The summed E-state index contributed by atoms with van der Waals surface area (Å²) in [5, 5.41) is 2.63. The first-order chi connectivity index (χ1) is 9.45. The Balaban J connectivity index is 1.94. The average Bonchev–Trinajstić information content (AvgIpc) is 2.37. The SMILES string of the molecule is CC1CCN(C)CC1OC(=O)Nc1ccc(F)cc1Br. The van der Waals surface area contributed by atoms with E-state index in [0.717, 1.165) is 19.5 Å². The number of hydrogen-bond donors (Lipinski definition) is 1. The molecule has 0 bridgehead atoms. The highest BCUT2D eigenvalue weighted by Gasteiger charge is 2.27. The summed E-state index contributed by atoms with van der Waals surface area (Å²) in [5.74, 6) is -0.0214. The number of rotatable bonds is 2. The van der Waals surface area contributed by atoms with Crippen LogP contribution in [0.4, 0.5) is 14.9 Å². The molecule has 0 aromatic heterocycles. The van der Waals surface area contributed by atoms with Crippen molar-refractivity contribution in [1.82, 2.24) is 4.90 Å². The summed E-state index contributed by atoms with van der Waals surface area (Å²) in [5.41, 5.74) is 0.494. The summed E-state index contributed by atoms with van der Waals surface area (Å²) in [6, 6.07) is 4.08. The van der Waals surface area contributed by atoms with Crippen LogP contribution in [-0.4, -0.2) is 37.2 Å². The van der Waals surface area contributed by atoms with Crippen molar-refractivity contribution in [1.29, 1.82) is 0 Å². The van der Waals surface area contributed by atoms with Gasteiger partial charge in [0.2, 0.25) is 0 Å². The number of nitrogens with one attached hydrogen (secondary N) is 1. The van der Waals surface area contributed by atoms with Crippen LogP contribution in [0.5, 0.6) is 0 Å². The van der Waals surface area contributed by atoms with Crippen molar-refractivity contribution < 1.29 is 13.9 Å². The molecule has 1 heterocycles. The molecule has 1 aliphatic rings. The van der Waals surface area contributed by atoms with Crippen LogP contribution >= 0.6 is 15.9 Å². The Morgan fingerprint density at radius 3 is 3.00 bits per heavy atom. The van der Waals surface area contributed by atoms with E-state index in [4.69, 9.17) is 4.74 Å². The molecule has 20 heavy (non-hydrogen) atoms. The number of carbonyl (C=O) groups is 1. The lowest BCUT2D eigenvalue weighted by molar-refractivity contribution is 0.0245. The number of anilines is 1. The molecule has 2 unspecified atom stereocenters. The van der Waals surface area contributed by atoms with Gasteiger partial charge in [0.1, 0.15) is 11.9 Å². The van der Waals surface area contributed by atoms with Gasteiger partial charge in [0.25, 0.3) is 0 Å². The van der Waals surface area contributed by atoms with Gasteiger partial charge in [0.05, 0.1) is 5.69 Å². The lowest BCUT2D eigenvalue weighted by atomic mass is 9.96. The summed E-state index contributed by atoms with van der Waals surface area (Å²) >= 11 is 3.20. The third-order valence-corrected chi connectivity index (χ3v) is 4.17. The Morgan fingerprint density at radius 1 is 1.55 bits per heavy atom. The quantitative estimate of drug-likeness (QED) is 0.892. The van der Waals surface area contributed by atoms with Crippen molar-refractivity contribution in [2.45, 2.75) is 19.4 Å². The molecule has 0 saturated carbocycles. The second-order valence-electron chi connectivity index (χ2n) is 5.22. The van der Waals surface area contributed by atoms with Crippen LogP contribution in [-0.2, 0) is 4.74 Å². The van der Waals surface area contributed by atoms with E-state index in [1.54, 1.807) is 0 Å². The smallest absolute Gasteiger partial charge is 0.411 e. The first-order valence-electron chi connectivity index (χ1n) is 6.57. The molecular formula is C14H18BrFN2O2. The molecule has 1 aliphatic heterocycles. The first-order valence-corrected chi connectivity index (χ1v) is 7.36. The van der Waals surface area contributed by atoms with Gasteiger partial charge in [-0.2, -0.15) is 0 Å². The van der Waals surface area contributed by atoms with E-state index >= 15 is 0 Å².